The van der Waals surface area contributed by atoms with E-state index in [0.717, 1.165) is 28.8 Å². The van der Waals surface area contributed by atoms with Gasteiger partial charge >= 0.3 is 0 Å². The van der Waals surface area contributed by atoms with E-state index in [1.807, 2.05) is 57.7 Å². The van der Waals surface area contributed by atoms with Gasteiger partial charge in [-0.3, -0.25) is 4.79 Å². The third-order valence-corrected chi connectivity index (χ3v) is 3.44. The fraction of sp³-hybridized carbons (Fsp3) is 0.556. The lowest BCUT2D eigenvalue weighted by Crippen LogP contribution is -2.35. The molecule has 0 heterocycles. The number of aldehydes is 1. The van der Waals surface area contributed by atoms with Crippen LogP contribution < -0.4 is 9.80 Å². The van der Waals surface area contributed by atoms with Crippen molar-refractivity contribution in [2.45, 2.75) is 27.7 Å². The lowest BCUT2D eigenvalue weighted by atomic mass is 10.1. The second kappa shape index (κ2) is 9.87. The highest BCUT2D eigenvalue weighted by molar-refractivity contribution is 5.85. The lowest BCUT2D eigenvalue weighted by Gasteiger charge is -2.29. The minimum absolute atomic E-state index is 0.0430. The molecule has 0 saturated heterocycles. The van der Waals surface area contributed by atoms with Crippen molar-refractivity contribution in [2.75, 3.05) is 51.1 Å². The number of amides is 1. The molecule has 0 radical (unpaired) electrons. The van der Waals surface area contributed by atoms with Gasteiger partial charge in [-0.2, -0.15) is 0 Å². The maximum absolute atomic E-state index is 11.9. The average molecular weight is 321 g/mol. The van der Waals surface area contributed by atoms with Gasteiger partial charge in [0.15, 0.2) is 0 Å². The number of likely N-dealkylation sites (N-methyl/N-ethyl adjacent to an activating group) is 3. The Balaban J connectivity index is 0.00000232. The van der Waals surface area contributed by atoms with Gasteiger partial charge < -0.3 is 19.5 Å². The minimum Gasteiger partial charge on any atom is -0.366 e. The number of rotatable bonds is 6. The number of carbonyl (C=O) groups is 2. The summed E-state index contributed by atoms with van der Waals surface area (Å²) in [5.74, 6) is 0.0430. The van der Waals surface area contributed by atoms with E-state index in [2.05, 4.69) is 6.07 Å². The molecule has 0 aliphatic heterocycles. The summed E-state index contributed by atoms with van der Waals surface area (Å²) in [6.07, 6.45) is 0.881. The predicted octanol–water partition coefficient (Wildman–Crippen LogP) is 2.49. The lowest BCUT2D eigenvalue weighted by molar-refractivity contribution is -0.127. The summed E-state index contributed by atoms with van der Waals surface area (Å²) in [7, 11) is 7.28. The molecular formula is C18H31N3O2. The molecule has 5 nitrogen and oxygen atoms in total. The molecule has 0 saturated carbocycles. The molecule has 23 heavy (non-hydrogen) atoms. The largest absolute Gasteiger partial charge is 0.366 e. The maximum atomic E-state index is 11.9. The molecule has 0 aliphatic carbocycles. The molecule has 0 unspecified atom stereocenters. The highest BCUT2D eigenvalue weighted by Crippen LogP contribution is 2.32. The molecule has 1 aromatic rings. The van der Waals surface area contributed by atoms with E-state index < -0.39 is 0 Å². The molecule has 0 aliphatic rings. The van der Waals surface area contributed by atoms with E-state index in [9.17, 15) is 9.59 Å². The Hall–Kier alpha value is -2.04. The van der Waals surface area contributed by atoms with Crippen LogP contribution in [0.3, 0.4) is 0 Å². The zero-order valence-corrected chi connectivity index (χ0v) is 15.8. The second-order valence-corrected chi connectivity index (χ2v) is 5.64. The maximum Gasteiger partial charge on any atom is 0.241 e. The molecule has 130 valence electrons. The zero-order valence-electron chi connectivity index (χ0n) is 15.8. The van der Waals surface area contributed by atoms with Crippen LogP contribution >= 0.6 is 0 Å². The molecule has 1 aromatic carbocycles. The minimum atomic E-state index is 0.0430. The van der Waals surface area contributed by atoms with Crippen LogP contribution in [0.25, 0.3) is 0 Å². The highest BCUT2D eigenvalue weighted by Gasteiger charge is 2.17. The Morgan fingerprint density at radius 1 is 1.04 bits per heavy atom. The highest BCUT2D eigenvalue weighted by atomic mass is 16.2. The Morgan fingerprint density at radius 3 is 2.09 bits per heavy atom. The summed E-state index contributed by atoms with van der Waals surface area (Å²) >= 11 is 0. The smallest absolute Gasteiger partial charge is 0.241 e. The van der Waals surface area contributed by atoms with Crippen LogP contribution in [-0.2, 0) is 9.59 Å². The summed E-state index contributed by atoms with van der Waals surface area (Å²) in [5, 5.41) is 0. The van der Waals surface area contributed by atoms with Crippen LogP contribution in [0.4, 0.5) is 11.4 Å². The van der Waals surface area contributed by atoms with Gasteiger partial charge in [0, 0.05) is 28.2 Å². The van der Waals surface area contributed by atoms with E-state index in [1.165, 1.54) is 0 Å². The number of aryl methyl sites for hydroxylation is 2. The Morgan fingerprint density at radius 2 is 1.61 bits per heavy atom. The third-order valence-electron chi connectivity index (χ3n) is 3.44. The van der Waals surface area contributed by atoms with Crippen LogP contribution in [0, 0.1) is 13.8 Å². The molecular weight excluding hydrogens is 290 g/mol. The van der Waals surface area contributed by atoms with Crippen LogP contribution in [0.1, 0.15) is 25.0 Å². The van der Waals surface area contributed by atoms with E-state index in [-0.39, 0.29) is 5.91 Å². The number of hydrogen-bond acceptors (Lipinski definition) is 4. The Labute approximate surface area is 140 Å². The molecule has 1 rings (SSSR count). The van der Waals surface area contributed by atoms with Crippen LogP contribution in [0.2, 0.25) is 0 Å². The zero-order chi connectivity index (χ0) is 18.2. The molecule has 5 heteroatoms. The first-order valence-corrected chi connectivity index (χ1v) is 7.95. The normalized spacial score (nSPS) is 9.57. The van der Waals surface area contributed by atoms with Gasteiger partial charge in [0.25, 0.3) is 0 Å². The summed E-state index contributed by atoms with van der Waals surface area (Å²) < 4.78 is 0. The van der Waals surface area contributed by atoms with Crippen molar-refractivity contribution >= 4 is 23.6 Å². The number of anilines is 2. The van der Waals surface area contributed by atoms with Crippen LogP contribution in [0.15, 0.2) is 12.1 Å². The van der Waals surface area contributed by atoms with Crippen molar-refractivity contribution in [1.82, 2.24) is 4.90 Å². The van der Waals surface area contributed by atoms with Crippen molar-refractivity contribution in [3.63, 3.8) is 0 Å². The molecule has 0 bridgehead atoms. The van der Waals surface area contributed by atoms with Gasteiger partial charge in [-0.25, -0.2) is 0 Å². The molecule has 0 N–H and O–H groups in total. The number of nitrogens with zero attached hydrogens (tertiary/aromatic N) is 3. The van der Waals surface area contributed by atoms with Crippen molar-refractivity contribution in [1.29, 1.82) is 0 Å². The molecule has 0 atom stereocenters. The number of carbonyl (C=O) groups excluding carboxylic acids is 2. The van der Waals surface area contributed by atoms with Crippen molar-refractivity contribution < 1.29 is 9.59 Å². The van der Waals surface area contributed by atoms with Gasteiger partial charge in [0.05, 0.1) is 24.5 Å². The monoisotopic (exact) mass is 321 g/mol. The van der Waals surface area contributed by atoms with E-state index in [1.54, 1.807) is 19.0 Å². The SMILES string of the molecule is CC.Cc1cc(C)c(N(C)CC(=O)N(C)C)c(N(C)CC=O)c1. The summed E-state index contributed by atoms with van der Waals surface area (Å²) in [6, 6.07) is 4.13. The second-order valence-electron chi connectivity index (χ2n) is 5.64. The van der Waals surface area contributed by atoms with Crippen molar-refractivity contribution in [2.24, 2.45) is 0 Å². The van der Waals surface area contributed by atoms with Crippen LogP contribution in [0.5, 0.6) is 0 Å². The van der Waals surface area contributed by atoms with Gasteiger partial charge in [0.2, 0.25) is 5.91 Å². The van der Waals surface area contributed by atoms with E-state index >= 15 is 0 Å². The first-order chi connectivity index (χ1) is 10.8. The Bertz CT molecular complexity index is 527. The van der Waals surface area contributed by atoms with Crippen LogP contribution in [-0.4, -0.2) is 58.4 Å². The van der Waals surface area contributed by atoms with Gasteiger partial charge in [-0.15, -0.1) is 0 Å². The fourth-order valence-electron chi connectivity index (χ4n) is 2.36. The summed E-state index contributed by atoms with van der Waals surface area (Å²) in [5.41, 5.74) is 4.18. The quantitative estimate of drug-likeness (QED) is 0.755. The first kappa shape index (κ1) is 21.0. The Kier molecular flexibility index (Phi) is 9.00. The molecule has 0 aromatic heterocycles. The van der Waals surface area contributed by atoms with Gasteiger partial charge in [-0.1, -0.05) is 19.9 Å². The van der Waals surface area contributed by atoms with E-state index in [4.69, 9.17) is 0 Å². The third kappa shape index (κ3) is 5.93. The number of benzene rings is 1. The summed E-state index contributed by atoms with van der Waals surface area (Å²) in [4.78, 5) is 28.1. The van der Waals surface area contributed by atoms with E-state index in [0.29, 0.717) is 13.1 Å². The number of hydrogen-bond donors (Lipinski definition) is 0. The molecule has 1 amide bonds. The topological polar surface area (TPSA) is 43.9 Å². The van der Waals surface area contributed by atoms with Crippen molar-refractivity contribution in [3.8, 4) is 0 Å². The average Bonchev–Trinajstić information content (AvgIpc) is 2.48. The first-order valence-electron chi connectivity index (χ1n) is 7.95. The fourth-order valence-corrected chi connectivity index (χ4v) is 2.36. The molecule has 0 fully saturated rings. The van der Waals surface area contributed by atoms with Gasteiger partial charge in [0.1, 0.15) is 6.29 Å². The predicted molar refractivity (Wildman–Crippen MR) is 98.6 cm³/mol. The summed E-state index contributed by atoms with van der Waals surface area (Å²) in [6.45, 7) is 8.68. The molecule has 0 spiro atoms. The van der Waals surface area contributed by atoms with Gasteiger partial charge in [-0.05, 0) is 31.0 Å². The standard InChI is InChI=1S/C16H25N3O2.C2H6/c1-12-9-13(2)16(14(10-12)18(5)7-8-20)19(6)11-15(21)17(3)4;1-2/h8-10H,7,11H2,1-6H3;1-2H3. The van der Waals surface area contributed by atoms with Crippen molar-refractivity contribution in [3.05, 3.63) is 23.3 Å².